The molecule has 0 atom stereocenters. The lowest BCUT2D eigenvalue weighted by atomic mass is 10.6. The number of rotatable bonds is 1. The molecule has 0 fully saturated rings. The van der Waals surface area contributed by atoms with E-state index in [-0.39, 0.29) is 5.13 Å². The largest absolute Gasteiger partial charge is 0.471 e. The lowest BCUT2D eigenvalue weighted by Crippen LogP contribution is -2.29. The second kappa shape index (κ2) is 3.62. The molecule has 1 amide bonds. The Morgan fingerprint density at radius 2 is 2.23 bits per heavy atom. The van der Waals surface area contributed by atoms with E-state index in [4.69, 9.17) is 0 Å². The molecule has 0 aliphatic heterocycles. The van der Waals surface area contributed by atoms with E-state index in [1.165, 1.54) is 6.20 Å². The molecule has 13 heavy (non-hydrogen) atoms. The fourth-order valence-corrected chi connectivity index (χ4v) is 1.58. The first-order valence-electron chi connectivity index (χ1n) is 2.89. The van der Waals surface area contributed by atoms with Crippen LogP contribution in [0.25, 0.3) is 0 Å². The van der Waals surface area contributed by atoms with Crippen molar-refractivity contribution in [3.63, 3.8) is 0 Å². The van der Waals surface area contributed by atoms with Gasteiger partial charge in [0.1, 0.15) is 0 Å². The third-order valence-corrected chi connectivity index (χ3v) is 2.35. The fourth-order valence-electron chi connectivity index (χ4n) is 0.480. The van der Waals surface area contributed by atoms with Gasteiger partial charge in [0.15, 0.2) is 5.13 Å². The van der Waals surface area contributed by atoms with Crippen LogP contribution in [-0.2, 0) is 4.79 Å². The van der Waals surface area contributed by atoms with Crippen molar-refractivity contribution in [1.82, 2.24) is 4.98 Å². The van der Waals surface area contributed by atoms with Crippen LogP contribution in [-0.4, -0.2) is 17.1 Å². The Morgan fingerprint density at radius 1 is 1.62 bits per heavy atom. The van der Waals surface area contributed by atoms with E-state index in [1.807, 2.05) is 0 Å². The summed E-state index contributed by atoms with van der Waals surface area (Å²) in [5, 5.41) is 1.53. The molecule has 0 saturated carbocycles. The van der Waals surface area contributed by atoms with E-state index in [2.05, 4.69) is 20.9 Å². The summed E-state index contributed by atoms with van der Waals surface area (Å²) >= 11 is 3.90. The van der Waals surface area contributed by atoms with Crippen LogP contribution in [0, 0.1) is 0 Å². The summed E-state index contributed by atoms with van der Waals surface area (Å²) < 4.78 is 35.6. The SMILES string of the molecule is O=C(Nc1ncc(Br)s1)C(F)(F)F. The molecular weight excluding hydrogens is 273 g/mol. The number of hydrogen-bond acceptors (Lipinski definition) is 3. The van der Waals surface area contributed by atoms with Gasteiger partial charge in [-0.25, -0.2) is 4.98 Å². The van der Waals surface area contributed by atoms with Crippen LogP contribution < -0.4 is 5.32 Å². The van der Waals surface area contributed by atoms with E-state index in [9.17, 15) is 18.0 Å². The molecule has 1 heterocycles. The maximum absolute atomic E-state index is 11.7. The number of aromatic nitrogens is 1. The standard InChI is InChI=1S/C5H2BrF3N2OS/c6-2-1-10-4(13-2)11-3(12)5(7,8)9/h1H,(H,10,11,12). The molecule has 1 aromatic rings. The first-order valence-corrected chi connectivity index (χ1v) is 4.50. The number of carbonyl (C=O) groups is 1. The summed E-state index contributed by atoms with van der Waals surface area (Å²) in [5.74, 6) is -2.02. The number of hydrogen-bond donors (Lipinski definition) is 1. The molecule has 3 nitrogen and oxygen atoms in total. The average Bonchev–Trinajstić information content (AvgIpc) is 2.33. The maximum atomic E-state index is 11.7. The van der Waals surface area contributed by atoms with Crippen molar-refractivity contribution in [3.05, 3.63) is 9.98 Å². The molecule has 0 aromatic carbocycles. The number of alkyl halides is 3. The van der Waals surface area contributed by atoms with Gasteiger partial charge in [0.25, 0.3) is 0 Å². The summed E-state index contributed by atoms with van der Waals surface area (Å²) in [4.78, 5) is 13.9. The normalized spacial score (nSPS) is 11.4. The lowest BCUT2D eigenvalue weighted by molar-refractivity contribution is -0.167. The van der Waals surface area contributed by atoms with Crippen molar-refractivity contribution in [2.45, 2.75) is 6.18 Å². The maximum Gasteiger partial charge on any atom is 0.471 e. The number of halogens is 4. The molecular formula is C5H2BrF3N2OS. The quantitative estimate of drug-likeness (QED) is 0.855. The summed E-state index contributed by atoms with van der Waals surface area (Å²) in [6.07, 6.45) is -3.57. The van der Waals surface area contributed by atoms with E-state index in [0.29, 0.717) is 3.79 Å². The zero-order valence-electron chi connectivity index (χ0n) is 5.85. The van der Waals surface area contributed by atoms with Crippen molar-refractivity contribution in [2.24, 2.45) is 0 Å². The van der Waals surface area contributed by atoms with E-state index >= 15 is 0 Å². The number of thiazole rings is 1. The van der Waals surface area contributed by atoms with Crippen LogP contribution in [0.5, 0.6) is 0 Å². The molecule has 0 unspecified atom stereocenters. The van der Waals surface area contributed by atoms with Gasteiger partial charge < -0.3 is 0 Å². The Bertz CT molecular complexity index is 324. The number of carbonyl (C=O) groups excluding carboxylic acids is 1. The minimum Gasteiger partial charge on any atom is -0.294 e. The highest BCUT2D eigenvalue weighted by Crippen LogP contribution is 2.25. The van der Waals surface area contributed by atoms with Gasteiger partial charge in [0.2, 0.25) is 0 Å². The van der Waals surface area contributed by atoms with Crippen molar-refractivity contribution in [2.75, 3.05) is 5.32 Å². The van der Waals surface area contributed by atoms with Gasteiger partial charge in [-0.2, -0.15) is 13.2 Å². The van der Waals surface area contributed by atoms with Crippen LogP contribution in [0.1, 0.15) is 0 Å². The number of nitrogens with zero attached hydrogens (tertiary/aromatic N) is 1. The smallest absolute Gasteiger partial charge is 0.294 e. The van der Waals surface area contributed by atoms with Crippen molar-refractivity contribution >= 4 is 38.3 Å². The number of amides is 1. The predicted octanol–water partition coefficient (Wildman–Crippen LogP) is 2.41. The van der Waals surface area contributed by atoms with Gasteiger partial charge in [-0.15, -0.1) is 0 Å². The highest BCUT2D eigenvalue weighted by Gasteiger charge is 2.39. The van der Waals surface area contributed by atoms with Crippen LogP contribution in [0.4, 0.5) is 18.3 Å². The Hall–Kier alpha value is -0.630. The third kappa shape index (κ3) is 2.96. The third-order valence-electron chi connectivity index (χ3n) is 0.955. The predicted molar refractivity (Wildman–Crippen MR) is 44.5 cm³/mol. The lowest BCUT2D eigenvalue weighted by Gasteiger charge is -2.03. The van der Waals surface area contributed by atoms with Gasteiger partial charge >= 0.3 is 12.1 Å². The summed E-state index contributed by atoms with van der Waals surface area (Å²) in [6.45, 7) is 0. The Kier molecular flexibility index (Phi) is 2.91. The van der Waals surface area contributed by atoms with E-state index in [0.717, 1.165) is 11.3 Å². The van der Waals surface area contributed by atoms with Gasteiger partial charge in [0, 0.05) is 0 Å². The average molecular weight is 275 g/mol. The highest BCUT2D eigenvalue weighted by atomic mass is 79.9. The molecule has 1 aromatic heterocycles. The van der Waals surface area contributed by atoms with Crippen molar-refractivity contribution < 1.29 is 18.0 Å². The van der Waals surface area contributed by atoms with Crippen LogP contribution in [0.3, 0.4) is 0 Å². The van der Waals surface area contributed by atoms with Crippen molar-refractivity contribution in [3.8, 4) is 0 Å². The molecule has 1 N–H and O–H groups in total. The van der Waals surface area contributed by atoms with Gasteiger partial charge in [0.05, 0.1) is 9.98 Å². The van der Waals surface area contributed by atoms with Gasteiger partial charge in [-0.05, 0) is 15.9 Å². The molecule has 1 rings (SSSR count). The van der Waals surface area contributed by atoms with Gasteiger partial charge in [-0.3, -0.25) is 10.1 Å². The second-order valence-electron chi connectivity index (χ2n) is 1.92. The first kappa shape index (κ1) is 10.5. The topological polar surface area (TPSA) is 42.0 Å². The molecule has 0 bridgehead atoms. The van der Waals surface area contributed by atoms with E-state index < -0.39 is 12.1 Å². The summed E-state index contributed by atoms with van der Waals surface area (Å²) in [7, 11) is 0. The Labute approximate surface area is 83.1 Å². The Morgan fingerprint density at radius 3 is 2.62 bits per heavy atom. The number of nitrogens with one attached hydrogen (secondary N) is 1. The zero-order valence-corrected chi connectivity index (χ0v) is 8.26. The molecule has 0 radical (unpaired) electrons. The Balaban J connectivity index is 2.65. The molecule has 8 heteroatoms. The minimum absolute atomic E-state index is 0.0887. The second-order valence-corrected chi connectivity index (χ2v) is 4.33. The van der Waals surface area contributed by atoms with Crippen LogP contribution in [0.15, 0.2) is 9.98 Å². The highest BCUT2D eigenvalue weighted by molar-refractivity contribution is 9.11. The minimum atomic E-state index is -4.88. The number of anilines is 1. The fraction of sp³-hybridized carbons (Fsp3) is 0.200. The van der Waals surface area contributed by atoms with Crippen molar-refractivity contribution in [1.29, 1.82) is 0 Å². The van der Waals surface area contributed by atoms with Crippen LogP contribution >= 0.6 is 27.3 Å². The molecule has 0 saturated heterocycles. The zero-order chi connectivity index (χ0) is 10.1. The molecule has 0 spiro atoms. The molecule has 0 aliphatic rings. The van der Waals surface area contributed by atoms with Gasteiger partial charge in [-0.1, -0.05) is 11.3 Å². The first-order chi connectivity index (χ1) is 5.89. The molecule has 72 valence electrons. The molecule has 0 aliphatic carbocycles. The van der Waals surface area contributed by atoms with E-state index in [1.54, 1.807) is 5.32 Å². The summed E-state index contributed by atoms with van der Waals surface area (Å²) in [5.41, 5.74) is 0. The van der Waals surface area contributed by atoms with Crippen LogP contribution in [0.2, 0.25) is 0 Å². The summed E-state index contributed by atoms with van der Waals surface area (Å²) in [6, 6.07) is 0. The monoisotopic (exact) mass is 274 g/mol.